The summed E-state index contributed by atoms with van der Waals surface area (Å²) >= 11 is 0. The van der Waals surface area contributed by atoms with Gasteiger partial charge in [-0.05, 0) is 85.8 Å². The molecule has 1 aliphatic rings. The first-order valence-electron chi connectivity index (χ1n) is 11.0. The average Bonchev–Trinajstić information content (AvgIpc) is 3.01. The van der Waals surface area contributed by atoms with Gasteiger partial charge in [0, 0.05) is 25.5 Å². The van der Waals surface area contributed by atoms with Crippen molar-refractivity contribution in [1.29, 1.82) is 0 Å². The number of imide groups is 1. The molecule has 0 saturated heterocycles. The van der Waals surface area contributed by atoms with E-state index in [0.29, 0.717) is 17.0 Å². The number of nitrogens with zero attached hydrogens (tertiary/aromatic N) is 2. The number of aryl methyl sites for hydroxylation is 4. The number of carbonyl (C=O) groups is 2. The molecule has 0 bridgehead atoms. The van der Waals surface area contributed by atoms with E-state index in [4.69, 9.17) is 0 Å². The molecule has 2 amide bonds. The third-order valence-electron chi connectivity index (χ3n) is 6.14. The Labute approximate surface area is 195 Å². The van der Waals surface area contributed by atoms with E-state index in [1.54, 1.807) is 0 Å². The van der Waals surface area contributed by atoms with Crippen LogP contribution in [-0.4, -0.2) is 25.9 Å². The highest BCUT2D eigenvalue weighted by Crippen LogP contribution is 2.36. The van der Waals surface area contributed by atoms with Gasteiger partial charge in [-0.2, -0.15) is 0 Å². The zero-order valence-corrected chi connectivity index (χ0v) is 20.0. The Morgan fingerprint density at radius 2 is 1.39 bits per heavy atom. The van der Waals surface area contributed by atoms with Gasteiger partial charge in [0.05, 0.1) is 11.3 Å². The molecule has 3 aromatic rings. The second-order valence-corrected chi connectivity index (χ2v) is 8.85. The highest BCUT2D eigenvalue weighted by atomic mass is 16.2. The molecule has 1 heterocycles. The molecule has 5 heteroatoms. The van der Waals surface area contributed by atoms with Crippen LogP contribution in [0.1, 0.15) is 27.8 Å². The summed E-state index contributed by atoms with van der Waals surface area (Å²) in [5.74, 6) is -0.664. The predicted molar refractivity (Wildman–Crippen MR) is 136 cm³/mol. The largest absolute Gasteiger partial charge is 0.378 e. The number of hydrogen-bond donors (Lipinski definition) is 1. The number of rotatable bonds is 5. The lowest BCUT2D eigenvalue weighted by atomic mass is 9.99. The second kappa shape index (κ2) is 8.58. The number of hydrogen-bond acceptors (Lipinski definition) is 4. The van der Waals surface area contributed by atoms with Crippen molar-refractivity contribution >= 4 is 34.4 Å². The summed E-state index contributed by atoms with van der Waals surface area (Å²) in [7, 11) is 3.95. The fraction of sp³-hybridized carbons (Fsp3) is 0.214. The fourth-order valence-corrected chi connectivity index (χ4v) is 3.98. The molecule has 0 aliphatic carbocycles. The highest BCUT2D eigenvalue weighted by Gasteiger charge is 2.41. The molecule has 0 unspecified atom stereocenters. The lowest BCUT2D eigenvalue weighted by molar-refractivity contribution is -0.120. The molecule has 168 valence electrons. The van der Waals surface area contributed by atoms with E-state index >= 15 is 0 Å². The van der Waals surface area contributed by atoms with Crippen LogP contribution in [0, 0.1) is 27.7 Å². The van der Waals surface area contributed by atoms with Gasteiger partial charge in [0.25, 0.3) is 11.8 Å². The average molecular weight is 440 g/mol. The number of amides is 2. The zero-order chi connectivity index (χ0) is 23.9. The lowest BCUT2D eigenvalue weighted by Crippen LogP contribution is -2.33. The molecule has 1 N–H and O–H groups in total. The Morgan fingerprint density at radius 1 is 0.727 bits per heavy atom. The first kappa shape index (κ1) is 22.3. The van der Waals surface area contributed by atoms with E-state index in [-0.39, 0.29) is 11.8 Å². The lowest BCUT2D eigenvalue weighted by Gasteiger charge is -2.18. The SMILES string of the molecule is Cc1ccc(C)c(N2C(=O)C(Nc3ccc(N(C)C)cc3)=C(c3ccc(C)c(C)c3)C2=O)c1. The predicted octanol–water partition coefficient (Wildman–Crippen LogP) is 5.38. The van der Waals surface area contributed by atoms with Crippen molar-refractivity contribution in [1.82, 2.24) is 0 Å². The smallest absolute Gasteiger partial charge is 0.282 e. The molecule has 0 saturated carbocycles. The van der Waals surface area contributed by atoms with Crippen molar-refractivity contribution in [3.8, 4) is 0 Å². The van der Waals surface area contributed by atoms with Crippen molar-refractivity contribution in [2.75, 3.05) is 29.2 Å². The van der Waals surface area contributed by atoms with Crippen LogP contribution in [-0.2, 0) is 9.59 Å². The number of benzene rings is 3. The Morgan fingerprint density at radius 3 is 2.03 bits per heavy atom. The number of anilines is 3. The molecule has 0 radical (unpaired) electrons. The molecule has 0 aromatic heterocycles. The Hall–Kier alpha value is -3.86. The molecule has 3 aromatic carbocycles. The molecule has 33 heavy (non-hydrogen) atoms. The van der Waals surface area contributed by atoms with Gasteiger partial charge in [-0.25, -0.2) is 4.90 Å². The minimum absolute atomic E-state index is 0.293. The van der Waals surface area contributed by atoms with Crippen molar-refractivity contribution in [3.05, 3.63) is 94.2 Å². The van der Waals surface area contributed by atoms with Crippen molar-refractivity contribution in [2.24, 2.45) is 0 Å². The van der Waals surface area contributed by atoms with E-state index in [1.807, 2.05) is 107 Å². The van der Waals surface area contributed by atoms with E-state index in [2.05, 4.69) is 5.32 Å². The van der Waals surface area contributed by atoms with Gasteiger partial charge in [0.1, 0.15) is 5.70 Å². The Bertz CT molecular complexity index is 1290. The van der Waals surface area contributed by atoms with E-state index in [0.717, 1.165) is 39.2 Å². The molecule has 0 spiro atoms. The fourth-order valence-electron chi connectivity index (χ4n) is 3.98. The van der Waals surface area contributed by atoms with Gasteiger partial charge in [0.2, 0.25) is 0 Å². The molecular formula is C28H29N3O2. The van der Waals surface area contributed by atoms with Crippen molar-refractivity contribution in [3.63, 3.8) is 0 Å². The monoisotopic (exact) mass is 439 g/mol. The summed E-state index contributed by atoms with van der Waals surface area (Å²) in [6, 6.07) is 19.4. The minimum Gasteiger partial charge on any atom is -0.378 e. The molecule has 1 aliphatic heterocycles. The van der Waals surface area contributed by atoms with Gasteiger partial charge in [-0.3, -0.25) is 9.59 Å². The maximum atomic E-state index is 13.7. The summed E-state index contributed by atoms with van der Waals surface area (Å²) in [6.07, 6.45) is 0. The summed E-state index contributed by atoms with van der Waals surface area (Å²) in [5.41, 5.74) is 7.90. The van der Waals surface area contributed by atoms with Gasteiger partial charge < -0.3 is 10.2 Å². The summed E-state index contributed by atoms with van der Waals surface area (Å²) in [5, 5.41) is 3.25. The third kappa shape index (κ3) is 4.14. The Kier molecular flexibility index (Phi) is 5.81. The van der Waals surface area contributed by atoms with Crippen molar-refractivity contribution < 1.29 is 9.59 Å². The topological polar surface area (TPSA) is 52.7 Å². The first-order valence-corrected chi connectivity index (χ1v) is 11.0. The van der Waals surface area contributed by atoms with E-state index in [9.17, 15) is 9.59 Å². The van der Waals surface area contributed by atoms with Crippen LogP contribution >= 0.6 is 0 Å². The van der Waals surface area contributed by atoms with Gasteiger partial charge in [0.15, 0.2) is 0 Å². The van der Waals surface area contributed by atoms with Crippen LogP contribution in [0.4, 0.5) is 17.1 Å². The molecule has 0 atom stereocenters. The summed E-state index contributed by atoms with van der Waals surface area (Å²) in [4.78, 5) is 30.7. The van der Waals surface area contributed by atoms with E-state index in [1.165, 1.54) is 4.90 Å². The van der Waals surface area contributed by atoms with Gasteiger partial charge >= 0.3 is 0 Å². The summed E-state index contributed by atoms with van der Waals surface area (Å²) < 4.78 is 0. The standard InChI is InChI=1S/C28H29N3O2/c1-17-7-8-19(3)24(15-17)31-27(32)25(21-10-9-18(2)20(4)16-21)26(28(31)33)29-22-11-13-23(14-12-22)30(5)6/h7-16,29H,1-6H3. The highest BCUT2D eigenvalue weighted by molar-refractivity contribution is 6.46. The molecule has 0 fully saturated rings. The zero-order valence-electron chi connectivity index (χ0n) is 20.0. The van der Waals surface area contributed by atoms with Gasteiger partial charge in [-0.15, -0.1) is 0 Å². The summed E-state index contributed by atoms with van der Waals surface area (Å²) in [6.45, 7) is 7.91. The van der Waals surface area contributed by atoms with Crippen LogP contribution in [0.3, 0.4) is 0 Å². The third-order valence-corrected chi connectivity index (χ3v) is 6.14. The second-order valence-electron chi connectivity index (χ2n) is 8.85. The normalized spacial score (nSPS) is 13.7. The van der Waals surface area contributed by atoms with Crippen LogP contribution in [0.2, 0.25) is 0 Å². The van der Waals surface area contributed by atoms with Crippen LogP contribution in [0.5, 0.6) is 0 Å². The van der Waals surface area contributed by atoms with Gasteiger partial charge in [-0.1, -0.05) is 30.3 Å². The minimum atomic E-state index is -0.349. The maximum Gasteiger partial charge on any atom is 0.282 e. The molecule has 4 rings (SSSR count). The van der Waals surface area contributed by atoms with Crippen LogP contribution in [0.15, 0.2) is 66.4 Å². The van der Waals surface area contributed by atoms with E-state index < -0.39 is 0 Å². The van der Waals surface area contributed by atoms with Crippen LogP contribution < -0.4 is 15.1 Å². The van der Waals surface area contributed by atoms with Crippen LogP contribution in [0.25, 0.3) is 5.57 Å². The van der Waals surface area contributed by atoms with Crippen molar-refractivity contribution in [2.45, 2.75) is 27.7 Å². The Balaban J connectivity index is 1.83. The number of nitrogens with one attached hydrogen (secondary N) is 1. The first-order chi connectivity index (χ1) is 15.7. The molecular weight excluding hydrogens is 410 g/mol. The quantitative estimate of drug-likeness (QED) is 0.542. The number of carbonyl (C=O) groups excluding carboxylic acids is 2. The maximum absolute atomic E-state index is 13.7. The molecule has 5 nitrogen and oxygen atoms in total.